The normalized spacial score (nSPS) is 11.0. The molecular weight excluding hydrogens is 571 g/mol. The van der Waals surface area contributed by atoms with Gasteiger partial charge in [0.05, 0.1) is 11.3 Å². The summed E-state index contributed by atoms with van der Waals surface area (Å²) in [5.74, 6) is -0.612. The third kappa shape index (κ3) is 8.57. The van der Waals surface area contributed by atoms with Crippen molar-refractivity contribution in [2.45, 2.75) is 31.2 Å². The molecule has 0 atom stereocenters. The molecule has 0 bridgehead atoms. The Morgan fingerprint density at radius 3 is 2.30 bits per heavy atom. The predicted molar refractivity (Wildman–Crippen MR) is 161 cm³/mol. The van der Waals surface area contributed by atoms with Crippen LogP contribution in [0.15, 0.2) is 102 Å². The number of carbonyl (C=O) groups is 2. The first kappa shape index (κ1) is 31.1. The van der Waals surface area contributed by atoms with E-state index in [1.807, 2.05) is 13.0 Å². The molecule has 0 aromatic heterocycles. The minimum Gasteiger partial charge on any atom is -0.410 e. The monoisotopic (exact) mass is 602 g/mol. The van der Waals surface area contributed by atoms with Crippen LogP contribution in [-0.2, 0) is 27.8 Å². The van der Waals surface area contributed by atoms with E-state index in [2.05, 4.69) is 5.32 Å². The zero-order valence-corrected chi connectivity index (χ0v) is 24.2. The number of carbonyl (C=O) groups excluding carboxylic acids is 2. The van der Waals surface area contributed by atoms with Crippen molar-refractivity contribution < 1.29 is 27.1 Å². The van der Waals surface area contributed by atoms with E-state index in [4.69, 9.17) is 15.3 Å². The molecule has 43 heavy (non-hydrogen) atoms. The molecule has 4 N–H and O–H groups in total. The largest absolute Gasteiger partial charge is 0.418 e. The number of amides is 2. The maximum Gasteiger partial charge on any atom is 0.418 e. The second-order valence-electron chi connectivity index (χ2n) is 9.77. The van der Waals surface area contributed by atoms with Crippen LogP contribution in [0.5, 0.6) is 5.75 Å². The SMILES string of the molecule is CCCN(Cc1cccc(C(=N)NC(=O)Oc2ccc(F)cc2)c1)C(=O)Cc1ccc(-c2ccccc2S(N)(=O)=O)cc1. The molecule has 11 heteroatoms. The number of ether oxygens (including phenoxy) is 1. The summed E-state index contributed by atoms with van der Waals surface area (Å²) < 4.78 is 42.1. The fourth-order valence-corrected chi connectivity index (χ4v) is 5.22. The lowest BCUT2D eigenvalue weighted by atomic mass is 10.0. The van der Waals surface area contributed by atoms with Gasteiger partial charge in [-0.25, -0.2) is 22.7 Å². The predicted octanol–water partition coefficient (Wildman–Crippen LogP) is 5.24. The number of hydrogen-bond donors (Lipinski definition) is 3. The van der Waals surface area contributed by atoms with E-state index in [1.165, 1.54) is 18.2 Å². The molecule has 0 unspecified atom stereocenters. The molecule has 0 radical (unpaired) electrons. The summed E-state index contributed by atoms with van der Waals surface area (Å²) in [6, 6.07) is 25.5. The van der Waals surface area contributed by atoms with Gasteiger partial charge in [-0.2, -0.15) is 0 Å². The van der Waals surface area contributed by atoms with Crippen molar-refractivity contribution in [1.29, 1.82) is 5.41 Å². The number of amidine groups is 1. The summed E-state index contributed by atoms with van der Waals surface area (Å²) in [5, 5.41) is 16.0. The van der Waals surface area contributed by atoms with Crippen molar-refractivity contribution in [2.75, 3.05) is 6.54 Å². The van der Waals surface area contributed by atoms with E-state index >= 15 is 0 Å². The highest BCUT2D eigenvalue weighted by atomic mass is 32.2. The number of halogens is 1. The van der Waals surface area contributed by atoms with E-state index in [0.717, 1.165) is 29.7 Å². The van der Waals surface area contributed by atoms with E-state index in [1.54, 1.807) is 65.6 Å². The van der Waals surface area contributed by atoms with Crippen LogP contribution in [0.2, 0.25) is 0 Å². The second kappa shape index (κ2) is 13.9. The van der Waals surface area contributed by atoms with Crippen LogP contribution in [0.3, 0.4) is 0 Å². The van der Waals surface area contributed by atoms with Gasteiger partial charge in [-0.05, 0) is 59.5 Å². The molecule has 0 aliphatic rings. The van der Waals surface area contributed by atoms with Crippen LogP contribution in [0, 0.1) is 11.2 Å². The van der Waals surface area contributed by atoms with Crippen molar-refractivity contribution in [3.63, 3.8) is 0 Å². The van der Waals surface area contributed by atoms with Crippen LogP contribution in [0.4, 0.5) is 9.18 Å². The van der Waals surface area contributed by atoms with E-state index in [9.17, 15) is 22.4 Å². The highest BCUT2D eigenvalue weighted by molar-refractivity contribution is 7.89. The standard InChI is InChI=1S/C32H31FN4O5S/c1-2-18-37(30(38)20-22-10-12-24(13-11-22)28-8-3-4-9-29(28)43(35,40)41)21-23-6-5-7-25(19-23)31(34)36-32(39)42-27-16-14-26(33)15-17-27/h3-17,19H,2,18,20-21H2,1H3,(H2,34,36,39)(H2,35,40,41). The maximum absolute atomic E-state index is 13.3. The Kier molecular flexibility index (Phi) is 10.0. The Hall–Kier alpha value is -4.87. The molecular formula is C32H31FN4O5S. The lowest BCUT2D eigenvalue weighted by Gasteiger charge is -2.23. The molecule has 0 saturated heterocycles. The Balaban J connectivity index is 1.40. The highest BCUT2D eigenvalue weighted by Gasteiger charge is 2.17. The minimum atomic E-state index is -3.90. The van der Waals surface area contributed by atoms with Crippen molar-refractivity contribution in [3.05, 3.63) is 120 Å². The number of benzene rings is 4. The average Bonchev–Trinajstić information content (AvgIpc) is 2.98. The van der Waals surface area contributed by atoms with Crippen LogP contribution in [-0.4, -0.2) is 37.7 Å². The molecule has 4 rings (SSSR count). The Morgan fingerprint density at radius 2 is 1.63 bits per heavy atom. The number of nitrogens with two attached hydrogens (primary N) is 1. The van der Waals surface area contributed by atoms with Crippen molar-refractivity contribution in [1.82, 2.24) is 10.2 Å². The third-order valence-electron chi connectivity index (χ3n) is 6.50. The Bertz CT molecular complexity index is 1730. The lowest BCUT2D eigenvalue weighted by Crippen LogP contribution is -2.34. The molecule has 0 aliphatic heterocycles. The maximum atomic E-state index is 13.3. The number of hydrogen-bond acceptors (Lipinski definition) is 6. The fourth-order valence-electron chi connectivity index (χ4n) is 4.46. The molecule has 0 fully saturated rings. The first-order valence-electron chi connectivity index (χ1n) is 13.4. The minimum absolute atomic E-state index is 0.0308. The molecule has 0 saturated carbocycles. The van der Waals surface area contributed by atoms with Gasteiger partial charge >= 0.3 is 6.09 Å². The van der Waals surface area contributed by atoms with E-state index in [0.29, 0.717) is 29.8 Å². The summed E-state index contributed by atoms with van der Waals surface area (Å²) in [6.07, 6.45) is -0.00554. The summed E-state index contributed by atoms with van der Waals surface area (Å²) in [6.45, 7) is 2.79. The smallest absolute Gasteiger partial charge is 0.410 e. The van der Waals surface area contributed by atoms with Gasteiger partial charge in [-0.3, -0.25) is 15.5 Å². The highest BCUT2D eigenvalue weighted by Crippen LogP contribution is 2.27. The van der Waals surface area contributed by atoms with Gasteiger partial charge in [0, 0.05) is 24.2 Å². The fraction of sp³-hybridized carbons (Fsp3) is 0.156. The summed E-state index contributed by atoms with van der Waals surface area (Å²) >= 11 is 0. The zero-order valence-electron chi connectivity index (χ0n) is 23.4. The first-order chi connectivity index (χ1) is 20.5. The molecule has 4 aromatic carbocycles. The molecule has 0 aliphatic carbocycles. The summed E-state index contributed by atoms with van der Waals surface area (Å²) in [7, 11) is -3.90. The van der Waals surface area contributed by atoms with Crippen LogP contribution in [0.1, 0.15) is 30.0 Å². The Morgan fingerprint density at radius 1 is 0.930 bits per heavy atom. The summed E-state index contributed by atoms with van der Waals surface area (Å²) in [5.41, 5.74) is 3.11. The molecule has 0 spiro atoms. The van der Waals surface area contributed by atoms with Crippen LogP contribution in [0.25, 0.3) is 11.1 Å². The van der Waals surface area contributed by atoms with Gasteiger partial charge in [0.25, 0.3) is 0 Å². The third-order valence-corrected chi connectivity index (χ3v) is 7.47. The topological polar surface area (TPSA) is 143 Å². The number of rotatable bonds is 10. The van der Waals surface area contributed by atoms with E-state index in [-0.39, 0.29) is 28.8 Å². The van der Waals surface area contributed by atoms with Gasteiger partial charge in [0.15, 0.2) is 0 Å². The number of sulfonamides is 1. The Labute approximate surface area is 249 Å². The van der Waals surface area contributed by atoms with Crippen LogP contribution < -0.4 is 15.2 Å². The molecule has 222 valence electrons. The van der Waals surface area contributed by atoms with Gasteiger partial charge in [0.1, 0.15) is 17.4 Å². The summed E-state index contributed by atoms with van der Waals surface area (Å²) in [4.78, 5) is 27.3. The molecule has 0 heterocycles. The van der Waals surface area contributed by atoms with Crippen molar-refractivity contribution in [2.24, 2.45) is 5.14 Å². The van der Waals surface area contributed by atoms with Crippen molar-refractivity contribution >= 4 is 27.9 Å². The van der Waals surface area contributed by atoms with Gasteiger partial charge < -0.3 is 9.64 Å². The van der Waals surface area contributed by atoms with Gasteiger partial charge in [-0.15, -0.1) is 0 Å². The van der Waals surface area contributed by atoms with Crippen molar-refractivity contribution in [3.8, 4) is 16.9 Å². The van der Waals surface area contributed by atoms with Gasteiger partial charge in [0.2, 0.25) is 15.9 Å². The lowest BCUT2D eigenvalue weighted by molar-refractivity contribution is -0.131. The van der Waals surface area contributed by atoms with E-state index < -0.39 is 21.9 Å². The number of nitrogens with zero attached hydrogens (tertiary/aromatic N) is 1. The first-order valence-corrected chi connectivity index (χ1v) is 15.0. The van der Waals surface area contributed by atoms with Crippen LogP contribution >= 0.6 is 0 Å². The number of primary sulfonamides is 1. The molecule has 9 nitrogen and oxygen atoms in total. The number of nitrogens with one attached hydrogen (secondary N) is 2. The van der Waals surface area contributed by atoms with Gasteiger partial charge in [-0.1, -0.05) is 67.6 Å². The second-order valence-corrected chi connectivity index (χ2v) is 11.3. The molecule has 2 amide bonds. The molecule has 4 aromatic rings. The quantitative estimate of drug-likeness (QED) is 0.168. The zero-order chi connectivity index (χ0) is 31.0. The average molecular weight is 603 g/mol.